The minimum atomic E-state index is -0.777. The van der Waals surface area contributed by atoms with Crippen molar-refractivity contribution in [2.24, 2.45) is 5.73 Å². The molecule has 1 rings (SSSR count). The first-order valence-corrected chi connectivity index (χ1v) is 6.69. The Morgan fingerprint density at radius 2 is 1.83 bits per heavy atom. The predicted octanol–water partition coefficient (Wildman–Crippen LogP) is 2.34. The topological polar surface area (TPSA) is 55.1 Å². The Hall–Kier alpha value is -1.35. The summed E-state index contributed by atoms with van der Waals surface area (Å²) >= 11 is 0. The summed E-state index contributed by atoms with van der Waals surface area (Å²) in [4.78, 5) is 11.7. The number of carbonyl (C=O) groups is 1. The average Bonchev–Trinajstić information content (AvgIpc) is 2.37. The van der Waals surface area contributed by atoms with E-state index in [1.807, 2.05) is 19.1 Å². The van der Waals surface area contributed by atoms with E-state index in [2.05, 4.69) is 31.3 Å². The number of hydrogen-bond donors (Lipinski definition) is 2. The second-order valence-electron chi connectivity index (χ2n) is 4.86. The lowest BCUT2D eigenvalue weighted by Gasteiger charge is -2.28. The summed E-state index contributed by atoms with van der Waals surface area (Å²) in [7, 11) is 0. The van der Waals surface area contributed by atoms with E-state index >= 15 is 0 Å². The van der Waals surface area contributed by atoms with Crippen LogP contribution in [0, 0.1) is 0 Å². The van der Waals surface area contributed by atoms with Crippen LogP contribution in [0.15, 0.2) is 24.3 Å². The van der Waals surface area contributed by atoms with Gasteiger partial charge >= 0.3 is 0 Å². The van der Waals surface area contributed by atoms with Crippen LogP contribution in [-0.2, 0) is 16.8 Å². The number of rotatable bonds is 7. The standard InChI is InChI=1S/C15H24N2O/c1-4-6-12-7-9-13(10-8-12)15(3,14(16)18)17-11-5-2/h7-10,17H,4-6,11H2,1-3H3,(H2,16,18). The maximum absolute atomic E-state index is 11.7. The number of benzene rings is 1. The van der Waals surface area contributed by atoms with Crippen molar-refractivity contribution in [3.63, 3.8) is 0 Å². The zero-order valence-electron chi connectivity index (χ0n) is 11.6. The van der Waals surface area contributed by atoms with Crippen LogP contribution in [0.5, 0.6) is 0 Å². The molecule has 3 nitrogen and oxygen atoms in total. The molecule has 0 radical (unpaired) electrons. The third-order valence-corrected chi connectivity index (χ3v) is 3.29. The molecule has 0 aliphatic heterocycles. The third-order valence-electron chi connectivity index (χ3n) is 3.29. The maximum Gasteiger partial charge on any atom is 0.242 e. The average molecular weight is 248 g/mol. The lowest BCUT2D eigenvalue weighted by atomic mass is 9.90. The quantitative estimate of drug-likeness (QED) is 0.778. The summed E-state index contributed by atoms with van der Waals surface area (Å²) in [5, 5.41) is 3.24. The van der Waals surface area contributed by atoms with Crippen LogP contribution in [0.1, 0.15) is 44.7 Å². The van der Waals surface area contributed by atoms with E-state index in [9.17, 15) is 4.79 Å². The van der Waals surface area contributed by atoms with Gasteiger partial charge in [0.25, 0.3) is 0 Å². The zero-order chi connectivity index (χ0) is 13.6. The van der Waals surface area contributed by atoms with Gasteiger partial charge in [-0.2, -0.15) is 0 Å². The molecule has 3 N–H and O–H groups in total. The smallest absolute Gasteiger partial charge is 0.242 e. The van der Waals surface area contributed by atoms with E-state index in [-0.39, 0.29) is 5.91 Å². The van der Waals surface area contributed by atoms with Gasteiger partial charge in [0.2, 0.25) is 5.91 Å². The van der Waals surface area contributed by atoms with Gasteiger partial charge in [0.15, 0.2) is 0 Å². The molecule has 100 valence electrons. The predicted molar refractivity (Wildman–Crippen MR) is 75.3 cm³/mol. The van der Waals surface area contributed by atoms with Gasteiger partial charge < -0.3 is 5.73 Å². The fourth-order valence-electron chi connectivity index (χ4n) is 2.00. The molecular weight excluding hydrogens is 224 g/mol. The lowest BCUT2D eigenvalue weighted by molar-refractivity contribution is -0.124. The first kappa shape index (κ1) is 14.7. The fourth-order valence-corrected chi connectivity index (χ4v) is 2.00. The van der Waals surface area contributed by atoms with Crippen LogP contribution >= 0.6 is 0 Å². The Kier molecular flexibility index (Phi) is 5.35. The number of carbonyl (C=O) groups excluding carboxylic acids is 1. The van der Waals surface area contributed by atoms with Gasteiger partial charge in [-0.3, -0.25) is 10.1 Å². The minimum absolute atomic E-state index is 0.334. The molecular formula is C15H24N2O. The molecule has 1 aromatic carbocycles. The Bertz CT molecular complexity index is 386. The Morgan fingerprint density at radius 1 is 1.22 bits per heavy atom. The molecule has 1 amide bonds. The molecule has 3 heteroatoms. The number of amides is 1. The van der Waals surface area contributed by atoms with Crippen LogP contribution in [-0.4, -0.2) is 12.5 Å². The van der Waals surface area contributed by atoms with Gasteiger partial charge in [0.1, 0.15) is 5.54 Å². The highest BCUT2D eigenvalue weighted by Crippen LogP contribution is 2.21. The first-order chi connectivity index (χ1) is 8.54. The summed E-state index contributed by atoms with van der Waals surface area (Å²) in [6.07, 6.45) is 3.16. The van der Waals surface area contributed by atoms with E-state index in [1.165, 1.54) is 5.56 Å². The molecule has 0 aromatic heterocycles. The van der Waals surface area contributed by atoms with Crippen molar-refractivity contribution in [2.75, 3.05) is 6.54 Å². The fraction of sp³-hybridized carbons (Fsp3) is 0.533. The summed E-state index contributed by atoms with van der Waals surface area (Å²) in [5.74, 6) is -0.334. The lowest BCUT2D eigenvalue weighted by Crippen LogP contribution is -2.50. The van der Waals surface area contributed by atoms with Crippen LogP contribution in [0.2, 0.25) is 0 Å². The number of nitrogens with two attached hydrogens (primary N) is 1. The van der Waals surface area contributed by atoms with Crippen molar-refractivity contribution in [1.29, 1.82) is 0 Å². The molecule has 0 aliphatic rings. The number of primary amides is 1. The summed E-state index contributed by atoms with van der Waals surface area (Å²) in [5.41, 5.74) is 6.99. The molecule has 0 saturated carbocycles. The van der Waals surface area contributed by atoms with Crippen molar-refractivity contribution in [3.8, 4) is 0 Å². The first-order valence-electron chi connectivity index (χ1n) is 6.69. The molecule has 0 spiro atoms. The summed E-state index contributed by atoms with van der Waals surface area (Å²) in [6, 6.07) is 8.15. The van der Waals surface area contributed by atoms with E-state index in [0.717, 1.165) is 31.4 Å². The van der Waals surface area contributed by atoms with Gasteiger partial charge in [0.05, 0.1) is 0 Å². The Labute approximate surface area is 110 Å². The van der Waals surface area contributed by atoms with Gasteiger partial charge in [0, 0.05) is 0 Å². The van der Waals surface area contributed by atoms with Gasteiger partial charge in [-0.15, -0.1) is 0 Å². The monoisotopic (exact) mass is 248 g/mol. The second kappa shape index (κ2) is 6.55. The van der Waals surface area contributed by atoms with E-state index in [0.29, 0.717) is 0 Å². The highest BCUT2D eigenvalue weighted by molar-refractivity contribution is 5.85. The maximum atomic E-state index is 11.7. The van der Waals surface area contributed by atoms with Crippen LogP contribution < -0.4 is 11.1 Å². The Morgan fingerprint density at radius 3 is 2.28 bits per heavy atom. The van der Waals surface area contributed by atoms with Crippen LogP contribution in [0.3, 0.4) is 0 Å². The summed E-state index contributed by atoms with van der Waals surface area (Å²) < 4.78 is 0. The van der Waals surface area contributed by atoms with E-state index in [4.69, 9.17) is 5.73 Å². The number of hydrogen-bond acceptors (Lipinski definition) is 2. The van der Waals surface area contributed by atoms with E-state index < -0.39 is 5.54 Å². The normalized spacial score (nSPS) is 14.2. The zero-order valence-corrected chi connectivity index (χ0v) is 11.6. The molecule has 0 heterocycles. The Balaban J connectivity index is 2.95. The van der Waals surface area contributed by atoms with Crippen molar-refractivity contribution in [1.82, 2.24) is 5.32 Å². The van der Waals surface area contributed by atoms with Crippen LogP contribution in [0.25, 0.3) is 0 Å². The minimum Gasteiger partial charge on any atom is -0.368 e. The van der Waals surface area contributed by atoms with Crippen molar-refractivity contribution >= 4 is 5.91 Å². The number of nitrogens with one attached hydrogen (secondary N) is 1. The molecule has 1 aromatic rings. The largest absolute Gasteiger partial charge is 0.368 e. The molecule has 0 fully saturated rings. The van der Waals surface area contributed by atoms with E-state index in [1.54, 1.807) is 0 Å². The van der Waals surface area contributed by atoms with Gasteiger partial charge in [-0.05, 0) is 37.4 Å². The third kappa shape index (κ3) is 3.33. The highest BCUT2D eigenvalue weighted by Gasteiger charge is 2.32. The van der Waals surface area contributed by atoms with Gasteiger partial charge in [-0.25, -0.2) is 0 Å². The SMILES string of the molecule is CCCNC(C)(C(N)=O)c1ccc(CCC)cc1. The molecule has 0 saturated heterocycles. The number of aryl methyl sites for hydroxylation is 1. The summed E-state index contributed by atoms with van der Waals surface area (Å²) in [6.45, 7) is 6.85. The van der Waals surface area contributed by atoms with Crippen molar-refractivity contribution in [3.05, 3.63) is 35.4 Å². The highest BCUT2D eigenvalue weighted by atomic mass is 16.1. The molecule has 18 heavy (non-hydrogen) atoms. The molecule has 0 aliphatic carbocycles. The van der Waals surface area contributed by atoms with Gasteiger partial charge in [-0.1, -0.05) is 44.5 Å². The molecule has 1 atom stereocenters. The van der Waals surface area contributed by atoms with Crippen molar-refractivity contribution < 1.29 is 4.79 Å². The molecule has 0 bridgehead atoms. The molecule has 1 unspecified atom stereocenters. The van der Waals surface area contributed by atoms with Crippen molar-refractivity contribution in [2.45, 2.75) is 45.6 Å². The van der Waals surface area contributed by atoms with Crippen LogP contribution in [0.4, 0.5) is 0 Å². The second-order valence-corrected chi connectivity index (χ2v) is 4.86.